The number of hydrogen-bond donors (Lipinski definition) is 1. The van der Waals surface area contributed by atoms with Crippen molar-refractivity contribution < 1.29 is 9.90 Å². The summed E-state index contributed by atoms with van der Waals surface area (Å²) in [5.41, 5.74) is 0.394. The molecule has 0 amide bonds. The molecular weight excluding hydrogens is 183 g/mol. The van der Waals surface area contributed by atoms with Crippen LogP contribution in [0.1, 0.15) is 34.1 Å². The van der Waals surface area contributed by atoms with Gasteiger partial charge in [-0.2, -0.15) is 0 Å². The molecule has 0 radical (unpaired) electrons. The second kappa shape index (κ2) is 5.59. The van der Waals surface area contributed by atoms with E-state index in [2.05, 4.69) is 27.7 Å². The fourth-order valence-electron chi connectivity index (χ4n) is 2.05. The van der Waals surface area contributed by atoms with E-state index < -0.39 is 13.2 Å². The Labute approximate surface area is 82.1 Å². The summed E-state index contributed by atoms with van der Waals surface area (Å²) in [6.07, 6.45) is 3.92. The van der Waals surface area contributed by atoms with Crippen LogP contribution in [0.5, 0.6) is 0 Å². The van der Waals surface area contributed by atoms with Gasteiger partial charge in [-0.3, -0.25) is 4.79 Å². The minimum absolute atomic E-state index is 0.350. The van der Waals surface area contributed by atoms with Crippen LogP contribution in [0.15, 0.2) is 0 Å². The number of hydrogen-bond acceptors (Lipinski definition) is 1. The molecule has 2 nitrogen and oxygen atoms in total. The summed E-state index contributed by atoms with van der Waals surface area (Å²) in [6, 6.07) is 0. The smallest absolute Gasteiger partial charge is 0.307 e. The van der Waals surface area contributed by atoms with Gasteiger partial charge in [0.25, 0.3) is 0 Å². The zero-order chi connectivity index (χ0) is 10.5. The Morgan fingerprint density at radius 3 is 1.85 bits per heavy atom. The van der Waals surface area contributed by atoms with Gasteiger partial charge in [0, 0.05) is 7.26 Å². The molecule has 3 heteroatoms. The Morgan fingerprint density at radius 2 is 1.62 bits per heavy atom. The van der Waals surface area contributed by atoms with Gasteiger partial charge in [-0.15, -0.1) is 0 Å². The molecule has 0 aliphatic rings. The third kappa shape index (κ3) is 3.27. The summed E-state index contributed by atoms with van der Waals surface area (Å²) < 4.78 is 0. The lowest BCUT2D eigenvalue weighted by Gasteiger charge is -2.29. The van der Waals surface area contributed by atoms with E-state index >= 15 is 0 Å². The number of aliphatic carboxylic acids is 1. The van der Waals surface area contributed by atoms with Crippen LogP contribution in [0, 0.1) is 0 Å². The maximum absolute atomic E-state index is 10.6. The van der Waals surface area contributed by atoms with Crippen molar-refractivity contribution >= 4 is 13.2 Å². The van der Waals surface area contributed by atoms with Crippen molar-refractivity contribution in [2.24, 2.45) is 0 Å². The van der Waals surface area contributed by atoms with Crippen LogP contribution in [0.2, 0.25) is 0 Å². The summed E-state index contributed by atoms with van der Waals surface area (Å²) in [5.74, 6) is -0.646. The molecule has 0 aliphatic carbocycles. The van der Waals surface area contributed by atoms with Gasteiger partial charge in [0.1, 0.15) is 0 Å². The van der Waals surface area contributed by atoms with Gasteiger partial charge < -0.3 is 5.11 Å². The van der Waals surface area contributed by atoms with Crippen molar-refractivity contribution in [3.05, 3.63) is 0 Å². The quantitative estimate of drug-likeness (QED) is 0.677. The summed E-state index contributed by atoms with van der Waals surface area (Å²) in [5, 5.41) is 8.75. The molecule has 1 N–H and O–H groups in total. The SMILES string of the molecule is CC[P+](CC)(CC)C(C)CC(=O)O. The lowest BCUT2D eigenvalue weighted by atomic mass is 10.3. The third-order valence-corrected chi connectivity index (χ3v) is 9.13. The molecule has 0 saturated heterocycles. The van der Waals surface area contributed by atoms with Crippen molar-refractivity contribution in [2.45, 2.75) is 39.8 Å². The molecule has 0 rings (SSSR count). The highest BCUT2D eigenvalue weighted by Crippen LogP contribution is 2.62. The summed E-state index contributed by atoms with van der Waals surface area (Å²) in [4.78, 5) is 10.6. The molecule has 0 aromatic carbocycles. The van der Waals surface area contributed by atoms with Crippen molar-refractivity contribution in [2.75, 3.05) is 18.5 Å². The van der Waals surface area contributed by atoms with Crippen molar-refractivity contribution in [3.8, 4) is 0 Å². The molecule has 0 saturated carbocycles. The first-order valence-corrected chi connectivity index (χ1v) is 7.51. The largest absolute Gasteiger partial charge is 0.481 e. The predicted octanol–water partition coefficient (Wildman–Crippen LogP) is 2.93. The predicted molar refractivity (Wildman–Crippen MR) is 60.3 cm³/mol. The molecule has 13 heavy (non-hydrogen) atoms. The van der Waals surface area contributed by atoms with Crippen molar-refractivity contribution in [1.82, 2.24) is 0 Å². The molecule has 0 aromatic heterocycles. The Balaban J connectivity index is 4.43. The van der Waals surface area contributed by atoms with Gasteiger partial charge in [-0.1, -0.05) is 0 Å². The molecule has 0 fully saturated rings. The normalized spacial score (nSPS) is 14.2. The van der Waals surface area contributed by atoms with Crippen LogP contribution < -0.4 is 0 Å². The number of rotatable bonds is 6. The monoisotopic (exact) mass is 205 g/mol. The number of carboxylic acid groups (broad SMARTS) is 1. The molecule has 0 heterocycles. The average Bonchev–Trinajstić information content (AvgIpc) is 2.07. The Bertz CT molecular complexity index is 156. The van der Waals surface area contributed by atoms with Crippen LogP contribution in [-0.4, -0.2) is 35.2 Å². The van der Waals surface area contributed by atoms with Gasteiger partial charge in [-0.05, 0) is 27.7 Å². The van der Waals surface area contributed by atoms with Gasteiger partial charge in [0.2, 0.25) is 0 Å². The highest BCUT2D eigenvalue weighted by molar-refractivity contribution is 7.76. The fourth-order valence-corrected chi connectivity index (χ4v) is 5.81. The average molecular weight is 205 g/mol. The van der Waals surface area contributed by atoms with E-state index in [0.717, 1.165) is 0 Å². The molecular formula is C10H22O2P+. The summed E-state index contributed by atoms with van der Waals surface area (Å²) in [6.45, 7) is 8.73. The van der Waals surface area contributed by atoms with E-state index in [1.807, 2.05) is 0 Å². The maximum Gasteiger partial charge on any atom is 0.307 e. The van der Waals surface area contributed by atoms with Gasteiger partial charge in [-0.25, -0.2) is 0 Å². The van der Waals surface area contributed by atoms with E-state index in [-0.39, 0.29) is 0 Å². The van der Waals surface area contributed by atoms with Crippen molar-refractivity contribution in [1.29, 1.82) is 0 Å². The lowest BCUT2D eigenvalue weighted by Crippen LogP contribution is -2.19. The number of carbonyl (C=O) groups is 1. The first-order chi connectivity index (χ1) is 6.02. The lowest BCUT2D eigenvalue weighted by molar-refractivity contribution is -0.136. The molecule has 0 spiro atoms. The highest BCUT2D eigenvalue weighted by Gasteiger charge is 2.38. The minimum atomic E-state index is -0.965. The molecule has 0 bridgehead atoms. The molecule has 0 aromatic rings. The van der Waals surface area contributed by atoms with E-state index in [1.165, 1.54) is 18.5 Å². The minimum Gasteiger partial charge on any atom is -0.481 e. The second-order valence-electron chi connectivity index (χ2n) is 3.61. The van der Waals surface area contributed by atoms with Crippen LogP contribution >= 0.6 is 7.26 Å². The standard InChI is InChI=1S/C10H21O2P/c1-5-13(6-2,7-3)9(4)8-10(11)12/h9H,5-8H2,1-4H3/p+1. The van der Waals surface area contributed by atoms with Gasteiger partial charge in [0.05, 0.1) is 30.6 Å². The summed E-state index contributed by atoms with van der Waals surface area (Å²) >= 11 is 0. The Morgan fingerprint density at radius 1 is 1.23 bits per heavy atom. The Hall–Kier alpha value is -0.100. The zero-order valence-electron chi connectivity index (χ0n) is 9.21. The zero-order valence-corrected chi connectivity index (χ0v) is 10.1. The fraction of sp³-hybridized carbons (Fsp3) is 0.900. The van der Waals surface area contributed by atoms with Crippen LogP contribution in [-0.2, 0) is 4.79 Å². The maximum atomic E-state index is 10.6. The molecule has 0 aliphatic heterocycles. The van der Waals surface area contributed by atoms with E-state index in [9.17, 15) is 4.79 Å². The van der Waals surface area contributed by atoms with Crippen LogP contribution in [0.3, 0.4) is 0 Å². The van der Waals surface area contributed by atoms with Crippen LogP contribution in [0.25, 0.3) is 0 Å². The molecule has 1 atom stereocenters. The molecule has 1 unspecified atom stereocenters. The molecule has 78 valence electrons. The highest BCUT2D eigenvalue weighted by atomic mass is 31.2. The van der Waals surface area contributed by atoms with Gasteiger partial charge >= 0.3 is 5.97 Å². The van der Waals surface area contributed by atoms with Crippen LogP contribution in [0.4, 0.5) is 0 Å². The second-order valence-corrected chi connectivity index (χ2v) is 8.83. The third-order valence-electron chi connectivity index (χ3n) is 3.29. The number of carboxylic acids is 1. The van der Waals surface area contributed by atoms with Crippen molar-refractivity contribution in [3.63, 3.8) is 0 Å². The van der Waals surface area contributed by atoms with E-state index in [1.54, 1.807) is 0 Å². The van der Waals surface area contributed by atoms with Gasteiger partial charge in [0.15, 0.2) is 0 Å². The summed E-state index contributed by atoms with van der Waals surface area (Å²) in [7, 11) is -0.965. The Kier molecular flexibility index (Phi) is 5.55. The van der Waals surface area contributed by atoms with E-state index in [4.69, 9.17) is 5.11 Å². The topological polar surface area (TPSA) is 37.3 Å². The van der Waals surface area contributed by atoms with E-state index in [0.29, 0.717) is 12.1 Å². The first-order valence-electron chi connectivity index (χ1n) is 5.10. The first kappa shape index (κ1) is 12.9.